The second-order valence-corrected chi connectivity index (χ2v) is 1.67. The van der Waals surface area contributed by atoms with Crippen LogP contribution in [0.3, 0.4) is 0 Å². The van der Waals surface area contributed by atoms with Gasteiger partial charge in [-0.25, -0.2) is 0 Å². The van der Waals surface area contributed by atoms with E-state index in [1.54, 1.807) is 6.92 Å². The van der Waals surface area contributed by atoms with Crippen LogP contribution in [-0.2, 0) is 4.84 Å². The van der Waals surface area contributed by atoms with Crippen LogP contribution in [0, 0.1) is 5.21 Å². The minimum atomic E-state index is 0.434. The Bertz CT molecular complexity index is 91.1. The average Bonchev–Trinajstić information content (AvgIpc) is 1.85. The van der Waals surface area contributed by atoms with Crippen LogP contribution < -0.4 is 0 Å². The van der Waals surface area contributed by atoms with Crippen molar-refractivity contribution < 1.29 is 9.74 Å². The monoisotopic (exact) mass is 131 g/mol. The second kappa shape index (κ2) is 5.41. The molecular formula is C6H13NO2. The van der Waals surface area contributed by atoms with E-state index in [0.29, 0.717) is 11.5 Å². The van der Waals surface area contributed by atoms with Crippen LogP contribution in [0.25, 0.3) is 0 Å². The van der Waals surface area contributed by atoms with Gasteiger partial charge in [0.15, 0.2) is 0 Å². The summed E-state index contributed by atoms with van der Waals surface area (Å²) in [5.74, 6) is 0. The Hall–Kier alpha value is -0.730. The highest BCUT2D eigenvalue weighted by Gasteiger charge is 1.86. The minimum Gasteiger partial charge on any atom is -0.404 e. The van der Waals surface area contributed by atoms with Crippen molar-refractivity contribution in [1.82, 2.24) is 0 Å². The van der Waals surface area contributed by atoms with Crippen molar-refractivity contribution in [1.29, 1.82) is 0 Å². The molecule has 0 spiro atoms. The first kappa shape index (κ1) is 8.27. The van der Waals surface area contributed by atoms with E-state index in [-0.39, 0.29) is 0 Å². The minimum absolute atomic E-state index is 0.434. The van der Waals surface area contributed by atoms with Crippen molar-refractivity contribution in [3.63, 3.8) is 0 Å². The maximum atomic E-state index is 10.4. The molecule has 0 saturated carbocycles. The fourth-order valence-corrected chi connectivity index (χ4v) is 0.414. The lowest BCUT2D eigenvalue weighted by Gasteiger charge is -1.98. The molecule has 0 N–H and O–H groups in total. The Balaban J connectivity index is 3.30. The van der Waals surface area contributed by atoms with Crippen LogP contribution in [0.2, 0.25) is 0 Å². The van der Waals surface area contributed by atoms with E-state index in [2.05, 4.69) is 4.84 Å². The summed E-state index contributed by atoms with van der Waals surface area (Å²) in [5.41, 5.74) is 0. The fourth-order valence-electron chi connectivity index (χ4n) is 0.414. The summed E-state index contributed by atoms with van der Waals surface area (Å²) in [6.07, 6.45) is 3.25. The topological polar surface area (TPSA) is 35.3 Å². The Morgan fingerprint density at radius 1 is 1.56 bits per heavy atom. The maximum Gasteiger partial charge on any atom is 0.210 e. The summed E-state index contributed by atoms with van der Waals surface area (Å²) in [5, 5.41) is 10.4. The standard InChI is InChI=1S/C6H13NO2/c1-3-5-6-7(8)9-4-2/h6H,3-5H2,1-2H3/b7-6+. The van der Waals surface area contributed by atoms with Crippen molar-refractivity contribution in [3.8, 4) is 0 Å². The summed E-state index contributed by atoms with van der Waals surface area (Å²) in [6, 6.07) is 0. The molecule has 0 saturated heterocycles. The summed E-state index contributed by atoms with van der Waals surface area (Å²) in [6.45, 7) is 4.23. The van der Waals surface area contributed by atoms with Crippen LogP contribution in [-0.4, -0.2) is 17.7 Å². The van der Waals surface area contributed by atoms with Gasteiger partial charge in [0, 0.05) is 11.3 Å². The fraction of sp³-hybridized carbons (Fsp3) is 0.833. The van der Waals surface area contributed by atoms with Gasteiger partial charge in [-0.2, -0.15) is 0 Å². The molecular weight excluding hydrogens is 118 g/mol. The van der Waals surface area contributed by atoms with Gasteiger partial charge in [-0.3, -0.25) is 5.21 Å². The van der Waals surface area contributed by atoms with Gasteiger partial charge < -0.3 is 4.84 Å². The van der Waals surface area contributed by atoms with Gasteiger partial charge in [-0.15, -0.1) is 0 Å². The van der Waals surface area contributed by atoms with E-state index in [1.807, 2.05) is 6.92 Å². The van der Waals surface area contributed by atoms with Gasteiger partial charge >= 0.3 is 0 Å². The number of hydrogen-bond donors (Lipinski definition) is 0. The molecule has 0 aliphatic rings. The molecule has 0 atom stereocenters. The predicted molar refractivity (Wildman–Crippen MR) is 36.2 cm³/mol. The third kappa shape index (κ3) is 5.14. The largest absolute Gasteiger partial charge is 0.404 e. The zero-order valence-electron chi connectivity index (χ0n) is 5.96. The van der Waals surface area contributed by atoms with Crippen LogP contribution in [0.4, 0.5) is 0 Å². The molecule has 0 heterocycles. The first-order valence-electron chi connectivity index (χ1n) is 3.23. The summed E-state index contributed by atoms with van der Waals surface area (Å²) < 4.78 is 0. The number of unbranched alkanes of at least 4 members (excludes halogenated alkanes) is 1. The molecule has 54 valence electrons. The first-order chi connectivity index (χ1) is 4.31. The molecule has 0 aliphatic heterocycles. The van der Waals surface area contributed by atoms with Crippen molar-refractivity contribution in [2.45, 2.75) is 26.7 Å². The third-order valence-corrected chi connectivity index (χ3v) is 0.823. The van der Waals surface area contributed by atoms with Gasteiger partial charge in [-0.1, -0.05) is 13.8 Å². The quantitative estimate of drug-likeness (QED) is 0.327. The van der Waals surface area contributed by atoms with Gasteiger partial charge in [0.05, 0.1) is 6.61 Å². The van der Waals surface area contributed by atoms with Crippen molar-refractivity contribution in [2.24, 2.45) is 0 Å². The Morgan fingerprint density at radius 2 is 2.22 bits per heavy atom. The molecule has 0 aromatic rings. The van der Waals surface area contributed by atoms with Gasteiger partial charge in [0.2, 0.25) is 6.21 Å². The Morgan fingerprint density at radius 3 is 2.67 bits per heavy atom. The maximum absolute atomic E-state index is 10.4. The van der Waals surface area contributed by atoms with Crippen molar-refractivity contribution in [2.75, 3.05) is 6.61 Å². The van der Waals surface area contributed by atoms with E-state index >= 15 is 0 Å². The molecule has 3 heteroatoms. The molecule has 0 aliphatic carbocycles. The van der Waals surface area contributed by atoms with Crippen LogP contribution in [0.1, 0.15) is 26.7 Å². The van der Waals surface area contributed by atoms with Crippen molar-refractivity contribution in [3.05, 3.63) is 5.21 Å². The molecule has 0 aromatic carbocycles. The zero-order valence-corrected chi connectivity index (χ0v) is 5.96. The molecule has 0 radical (unpaired) electrons. The second-order valence-electron chi connectivity index (χ2n) is 1.67. The highest BCUT2D eigenvalue weighted by molar-refractivity contribution is 5.50. The average molecular weight is 131 g/mol. The normalized spacial score (nSPS) is 11.6. The van der Waals surface area contributed by atoms with Crippen molar-refractivity contribution >= 4 is 6.21 Å². The molecule has 0 aromatic heterocycles. The lowest BCUT2D eigenvalue weighted by atomic mass is 10.4. The molecule has 0 rings (SSSR count). The Labute approximate surface area is 55.5 Å². The van der Waals surface area contributed by atoms with Crippen LogP contribution in [0.5, 0.6) is 0 Å². The summed E-state index contributed by atoms with van der Waals surface area (Å²) in [7, 11) is 0. The predicted octanol–water partition coefficient (Wildman–Crippen LogP) is 1.32. The molecule has 3 nitrogen and oxygen atoms in total. The SMILES string of the molecule is CCC/C=[N+](\[O-])OCC. The number of nitrogens with zero attached hydrogens (tertiary/aromatic N) is 1. The highest BCUT2D eigenvalue weighted by Crippen LogP contribution is 1.81. The van der Waals surface area contributed by atoms with E-state index in [1.165, 1.54) is 6.21 Å². The number of rotatable bonds is 4. The lowest BCUT2D eigenvalue weighted by Crippen LogP contribution is -2.05. The van der Waals surface area contributed by atoms with Gasteiger partial charge in [0.1, 0.15) is 0 Å². The van der Waals surface area contributed by atoms with Gasteiger partial charge in [-0.05, 0) is 6.42 Å². The van der Waals surface area contributed by atoms with Gasteiger partial charge in [0.25, 0.3) is 0 Å². The first-order valence-corrected chi connectivity index (χ1v) is 3.23. The number of hydrogen-bond acceptors (Lipinski definition) is 2. The Kier molecular flexibility index (Phi) is 4.97. The molecule has 0 bridgehead atoms. The van der Waals surface area contributed by atoms with E-state index < -0.39 is 0 Å². The molecule has 0 amide bonds. The molecule has 0 fully saturated rings. The van der Waals surface area contributed by atoms with E-state index in [4.69, 9.17) is 0 Å². The molecule has 9 heavy (non-hydrogen) atoms. The smallest absolute Gasteiger partial charge is 0.210 e. The van der Waals surface area contributed by atoms with Crippen LogP contribution >= 0.6 is 0 Å². The zero-order chi connectivity index (χ0) is 7.11. The highest BCUT2D eigenvalue weighted by atomic mass is 16.9. The van der Waals surface area contributed by atoms with E-state index in [9.17, 15) is 5.21 Å². The third-order valence-electron chi connectivity index (χ3n) is 0.823. The summed E-state index contributed by atoms with van der Waals surface area (Å²) >= 11 is 0. The van der Waals surface area contributed by atoms with E-state index in [0.717, 1.165) is 12.8 Å². The lowest BCUT2D eigenvalue weighted by molar-refractivity contribution is -0.738. The molecule has 0 unspecified atom stereocenters. The van der Waals surface area contributed by atoms with Crippen LogP contribution in [0.15, 0.2) is 0 Å². The summed E-state index contributed by atoms with van der Waals surface area (Å²) in [4.78, 5) is 5.08.